The molecule has 1 heterocycles. The van der Waals surface area contributed by atoms with Gasteiger partial charge in [-0.3, -0.25) is 5.32 Å². The molecule has 2 heteroatoms. The van der Waals surface area contributed by atoms with Crippen molar-refractivity contribution in [1.29, 1.82) is 0 Å². The van der Waals surface area contributed by atoms with E-state index in [-0.39, 0.29) is 6.23 Å². The summed E-state index contributed by atoms with van der Waals surface area (Å²) < 4.78 is 5.74. The molecule has 0 bridgehead atoms. The molecule has 0 aromatic heterocycles. The summed E-state index contributed by atoms with van der Waals surface area (Å²) in [5.74, 6) is 0.723. The van der Waals surface area contributed by atoms with E-state index in [1.807, 2.05) is 6.07 Å². The summed E-state index contributed by atoms with van der Waals surface area (Å²) in [6, 6.07) is 10.9. The lowest BCUT2D eigenvalue weighted by Gasteiger charge is -2.13. The Hall–Kier alpha value is -0.860. The molecule has 0 amide bonds. The van der Waals surface area contributed by atoms with Gasteiger partial charge in [-0.1, -0.05) is 44.2 Å². The number of hydrogen-bond donors (Lipinski definition) is 1. The first-order chi connectivity index (χ1) is 7.25. The summed E-state index contributed by atoms with van der Waals surface area (Å²) in [4.78, 5) is 0. The van der Waals surface area contributed by atoms with Crippen LogP contribution in [0.2, 0.25) is 0 Å². The van der Waals surface area contributed by atoms with Crippen LogP contribution in [-0.4, -0.2) is 12.6 Å². The predicted octanol–water partition coefficient (Wildman–Crippen LogP) is 2.72. The molecule has 1 N–H and O–H groups in total. The molecule has 2 rings (SSSR count). The van der Waals surface area contributed by atoms with Crippen LogP contribution in [-0.2, 0) is 4.74 Å². The number of ether oxygens (including phenoxy) is 1. The van der Waals surface area contributed by atoms with Crippen molar-refractivity contribution in [3.05, 3.63) is 35.9 Å². The first-order valence-corrected chi connectivity index (χ1v) is 5.68. The second kappa shape index (κ2) is 4.77. The Morgan fingerprint density at radius 2 is 2.07 bits per heavy atom. The van der Waals surface area contributed by atoms with Gasteiger partial charge in [-0.25, -0.2) is 0 Å². The van der Waals surface area contributed by atoms with Gasteiger partial charge < -0.3 is 4.74 Å². The van der Waals surface area contributed by atoms with Crippen molar-refractivity contribution in [2.24, 2.45) is 5.92 Å². The molecule has 0 saturated carbocycles. The Bertz CT molecular complexity index is 297. The van der Waals surface area contributed by atoms with E-state index in [9.17, 15) is 0 Å². The highest BCUT2D eigenvalue weighted by molar-refractivity contribution is 5.17. The van der Waals surface area contributed by atoms with Gasteiger partial charge in [0.1, 0.15) is 6.23 Å². The maximum absolute atomic E-state index is 5.74. The largest absolute Gasteiger partial charge is 0.357 e. The highest BCUT2D eigenvalue weighted by Gasteiger charge is 2.25. The minimum atomic E-state index is 0.0925. The zero-order valence-corrected chi connectivity index (χ0v) is 9.44. The van der Waals surface area contributed by atoms with Crippen LogP contribution in [0.25, 0.3) is 0 Å². The maximum Gasteiger partial charge on any atom is 0.134 e. The molecule has 0 spiro atoms. The highest BCUT2D eigenvalue weighted by Crippen LogP contribution is 2.22. The van der Waals surface area contributed by atoms with Crippen LogP contribution in [0.5, 0.6) is 0 Å². The first kappa shape index (κ1) is 10.7. The molecule has 1 aromatic carbocycles. The zero-order chi connectivity index (χ0) is 10.7. The van der Waals surface area contributed by atoms with Crippen LogP contribution in [0.4, 0.5) is 0 Å². The highest BCUT2D eigenvalue weighted by atomic mass is 16.5. The van der Waals surface area contributed by atoms with Crippen molar-refractivity contribution in [2.45, 2.75) is 32.5 Å². The van der Waals surface area contributed by atoms with E-state index in [0.29, 0.717) is 6.04 Å². The lowest BCUT2D eigenvalue weighted by Crippen LogP contribution is -2.27. The summed E-state index contributed by atoms with van der Waals surface area (Å²) in [5, 5.41) is 3.52. The quantitative estimate of drug-likeness (QED) is 0.819. The summed E-state index contributed by atoms with van der Waals surface area (Å²) in [7, 11) is 0. The zero-order valence-electron chi connectivity index (χ0n) is 9.44. The monoisotopic (exact) mass is 205 g/mol. The Morgan fingerprint density at radius 1 is 1.33 bits per heavy atom. The van der Waals surface area contributed by atoms with Crippen LogP contribution in [0.3, 0.4) is 0 Å². The Labute approximate surface area is 91.6 Å². The van der Waals surface area contributed by atoms with Gasteiger partial charge in [-0.15, -0.1) is 0 Å². The third-order valence-corrected chi connectivity index (χ3v) is 2.71. The summed E-state index contributed by atoms with van der Waals surface area (Å²) in [5.41, 5.74) is 1.23. The van der Waals surface area contributed by atoms with E-state index in [1.165, 1.54) is 12.0 Å². The molecule has 2 atom stereocenters. The van der Waals surface area contributed by atoms with Gasteiger partial charge in [0.15, 0.2) is 0 Å². The van der Waals surface area contributed by atoms with Crippen LogP contribution in [0.15, 0.2) is 30.3 Å². The lowest BCUT2D eigenvalue weighted by atomic mass is 10.0. The fourth-order valence-electron chi connectivity index (χ4n) is 2.05. The molecule has 1 fully saturated rings. The van der Waals surface area contributed by atoms with Gasteiger partial charge in [-0.2, -0.15) is 0 Å². The van der Waals surface area contributed by atoms with Crippen molar-refractivity contribution in [3.8, 4) is 0 Å². The number of rotatable bonds is 3. The average molecular weight is 205 g/mol. The van der Waals surface area contributed by atoms with Crippen LogP contribution < -0.4 is 5.32 Å². The minimum Gasteiger partial charge on any atom is -0.357 e. The van der Waals surface area contributed by atoms with Gasteiger partial charge in [-0.05, 0) is 17.9 Å². The van der Waals surface area contributed by atoms with E-state index >= 15 is 0 Å². The maximum atomic E-state index is 5.74. The number of benzene rings is 1. The van der Waals surface area contributed by atoms with Gasteiger partial charge in [0.05, 0.1) is 6.61 Å². The van der Waals surface area contributed by atoms with Gasteiger partial charge in [0.25, 0.3) is 0 Å². The van der Waals surface area contributed by atoms with Crippen LogP contribution in [0.1, 0.15) is 32.1 Å². The normalized spacial score (nSPS) is 26.1. The third kappa shape index (κ3) is 2.80. The molecule has 1 unspecified atom stereocenters. The van der Waals surface area contributed by atoms with Crippen molar-refractivity contribution in [1.82, 2.24) is 5.32 Å². The molecule has 2 nitrogen and oxygen atoms in total. The van der Waals surface area contributed by atoms with Crippen molar-refractivity contribution >= 4 is 0 Å². The van der Waals surface area contributed by atoms with E-state index in [0.717, 1.165) is 12.5 Å². The van der Waals surface area contributed by atoms with Gasteiger partial charge >= 0.3 is 0 Å². The van der Waals surface area contributed by atoms with E-state index in [2.05, 4.69) is 43.4 Å². The molecular formula is C13H19NO. The summed E-state index contributed by atoms with van der Waals surface area (Å²) in [6.45, 7) is 5.33. The van der Waals surface area contributed by atoms with Crippen molar-refractivity contribution in [2.75, 3.05) is 6.61 Å². The van der Waals surface area contributed by atoms with E-state index < -0.39 is 0 Å². The molecule has 1 aromatic rings. The fourth-order valence-corrected chi connectivity index (χ4v) is 2.05. The van der Waals surface area contributed by atoms with Crippen molar-refractivity contribution in [3.63, 3.8) is 0 Å². The van der Waals surface area contributed by atoms with E-state index in [4.69, 9.17) is 4.74 Å². The molecule has 1 aliphatic rings. The Kier molecular flexibility index (Phi) is 3.39. The second-order valence-electron chi connectivity index (χ2n) is 4.62. The van der Waals surface area contributed by atoms with Gasteiger partial charge in [0, 0.05) is 6.04 Å². The molecular weight excluding hydrogens is 186 g/mol. The lowest BCUT2D eigenvalue weighted by molar-refractivity contribution is 0.100. The summed E-state index contributed by atoms with van der Waals surface area (Å²) in [6.07, 6.45) is 1.28. The fraction of sp³-hybridized carbons (Fsp3) is 0.538. The molecule has 1 saturated heterocycles. The minimum absolute atomic E-state index is 0.0925. The smallest absolute Gasteiger partial charge is 0.134 e. The topological polar surface area (TPSA) is 21.3 Å². The molecule has 82 valence electrons. The number of nitrogens with one attached hydrogen (secondary N) is 1. The van der Waals surface area contributed by atoms with Gasteiger partial charge in [0.2, 0.25) is 0 Å². The predicted molar refractivity (Wildman–Crippen MR) is 61.5 cm³/mol. The molecule has 0 aliphatic carbocycles. The average Bonchev–Trinajstić information content (AvgIpc) is 2.67. The van der Waals surface area contributed by atoms with Crippen LogP contribution in [0, 0.1) is 5.92 Å². The first-order valence-electron chi connectivity index (χ1n) is 5.68. The third-order valence-electron chi connectivity index (χ3n) is 2.71. The molecule has 15 heavy (non-hydrogen) atoms. The number of hydrogen-bond acceptors (Lipinski definition) is 2. The standard InChI is InChI=1S/C13H19NO/c1-10(2)8-12-9-15-13(14-12)11-6-4-3-5-7-11/h3-7,10,12-14H,8-9H2,1-2H3/t12-,13?/m0/s1. The Balaban J connectivity index is 1.93. The van der Waals surface area contributed by atoms with Crippen molar-refractivity contribution < 1.29 is 4.74 Å². The van der Waals surface area contributed by atoms with E-state index in [1.54, 1.807) is 0 Å². The summed E-state index contributed by atoms with van der Waals surface area (Å²) >= 11 is 0. The molecule has 0 radical (unpaired) electrons. The second-order valence-corrected chi connectivity index (χ2v) is 4.62. The Morgan fingerprint density at radius 3 is 2.73 bits per heavy atom. The SMILES string of the molecule is CC(C)C[C@H]1COC(c2ccccc2)N1. The molecule has 1 aliphatic heterocycles. The van der Waals surface area contributed by atoms with Crippen LogP contribution >= 0.6 is 0 Å².